The SMILES string of the molecule is CCOC(=O)c1noc2nc(C)nc(NCC3CCN(Cc4cc(C)ccc4C)CC3)c12. The lowest BCUT2D eigenvalue weighted by Gasteiger charge is -2.32. The average Bonchev–Trinajstić information content (AvgIpc) is 3.20. The van der Waals surface area contributed by atoms with Gasteiger partial charge in [-0.3, -0.25) is 4.90 Å². The molecule has 1 N–H and O–H groups in total. The van der Waals surface area contributed by atoms with E-state index in [0.29, 0.717) is 28.7 Å². The number of carbonyl (C=O) groups excluding carboxylic acids is 1. The maximum atomic E-state index is 12.3. The third kappa shape index (κ3) is 4.91. The zero-order chi connectivity index (χ0) is 22.7. The van der Waals surface area contributed by atoms with Crippen LogP contribution in [-0.4, -0.2) is 52.2 Å². The number of piperidine rings is 1. The molecule has 0 radical (unpaired) electrons. The minimum Gasteiger partial charge on any atom is -0.461 e. The molecule has 0 bridgehead atoms. The van der Waals surface area contributed by atoms with Crippen LogP contribution in [0.15, 0.2) is 22.7 Å². The van der Waals surface area contributed by atoms with Crippen LogP contribution in [-0.2, 0) is 11.3 Å². The van der Waals surface area contributed by atoms with Gasteiger partial charge in [-0.2, -0.15) is 4.98 Å². The lowest BCUT2D eigenvalue weighted by molar-refractivity contribution is 0.0517. The molecule has 0 spiro atoms. The molecule has 0 amide bonds. The number of likely N-dealkylation sites (tertiary alicyclic amines) is 1. The van der Waals surface area contributed by atoms with Crippen molar-refractivity contribution in [1.29, 1.82) is 0 Å². The van der Waals surface area contributed by atoms with E-state index in [1.54, 1.807) is 13.8 Å². The van der Waals surface area contributed by atoms with Gasteiger partial charge in [0.2, 0.25) is 5.69 Å². The van der Waals surface area contributed by atoms with Crippen molar-refractivity contribution < 1.29 is 14.1 Å². The normalized spacial score (nSPS) is 15.2. The van der Waals surface area contributed by atoms with Gasteiger partial charge in [0.15, 0.2) is 0 Å². The van der Waals surface area contributed by atoms with E-state index in [4.69, 9.17) is 9.26 Å². The van der Waals surface area contributed by atoms with Gasteiger partial charge in [-0.15, -0.1) is 0 Å². The van der Waals surface area contributed by atoms with Gasteiger partial charge in [0.05, 0.1) is 6.61 Å². The van der Waals surface area contributed by atoms with Gasteiger partial charge in [0.25, 0.3) is 5.71 Å². The summed E-state index contributed by atoms with van der Waals surface area (Å²) in [5.74, 6) is 1.15. The first kappa shape index (κ1) is 22.2. The standard InChI is InChI=1S/C24H31N5O3/c1-5-31-24(30)21-20-22(26-17(4)27-23(20)32-28-21)25-13-18-8-10-29(11-9-18)14-19-12-15(2)6-7-16(19)3/h6-7,12,18H,5,8-11,13-14H2,1-4H3,(H,25,26,27). The van der Waals surface area contributed by atoms with Gasteiger partial charge in [0.1, 0.15) is 17.0 Å². The number of aryl methyl sites for hydroxylation is 3. The van der Waals surface area contributed by atoms with Crippen LogP contribution in [0.5, 0.6) is 0 Å². The molecule has 0 unspecified atom stereocenters. The molecule has 1 saturated heterocycles. The number of fused-ring (bicyclic) bond motifs is 1. The van der Waals surface area contributed by atoms with Gasteiger partial charge in [-0.05, 0) is 70.7 Å². The smallest absolute Gasteiger partial charge is 0.361 e. The van der Waals surface area contributed by atoms with Crippen LogP contribution in [0.3, 0.4) is 0 Å². The van der Waals surface area contributed by atoms with Crippen molar-refractivity contribution in [3.8, 4) is 0 Å². The topological polar surface area (TPSA) is 93.4 Å². The molecule has 3 heterocycles. The van der Waals surface area contributed by atoms with Gasteiger partial charge < -0.3 is 14.6 Å². The highest BCUT2D eigenvalue weighted by molar-refractivity contribution is 6.04. The molecule has 8 heteroatoms. The summed E-state index contributed by atoms with van der Waals surface area (Å²) in [5, 5.41) is 7.79. The average molecular weight is 438 g/mol. The van der Waals surface area contributed by atoms with E-state index < -0.39 is 5.97 Å². The molecule has 1 aromatic carbocycles. The summed E-state index contributed by atoms with van der Waals surface area (Å²) in [4.78, 5) is 23.6. The highest BCUT2D eigenvalue weighted by atomic mass is 16.5. The lowest BCUT2D eigenvalue weighted by atomic mass is 9.95. The Morgan fingerprint density at radius 1 is 1.22 bits per heavy atom. The van der Waals surface area contributed by atoms with E-state index in [0.717, 1.165) is 39.0 Å². The number of nitrogens with zero attached hydrogens (tertiary/aromatic N) is 4. The number of aromatic nitrogens is 3. The molecule has 0 saturated carbocycles. The Bertz CT molecular complexity index is 1100. The first-order valence-electron chi connectivity index (χ1n) is 11.3. The molecule has 170 valence electrons. The van der Waals surface area contributed by atoms with Crippen LogP contribution >= 0.6 is 0 Å². The number of nitrogens with one attached hydrogen (secondary N) is 1. The van der Waals surface area contributed by atoms with Crippen molar-refractivity contribution in [2.24, 2.45) is 5.92 Å². The number of carbonyl (C=O) groups is 1. The van der Waals surface area contributed by atoms with Crippen molar-refractivity contribution in [1.82, 2.24) is 20.0 Å². The summed E-state index contributed by atoms with van der Waals surface area (Å²) in [5.41, 5.74) is 4.50. The number of anilines is 1. The summed E-state index contributed by atoms with van der Waals surface area (Å²) in [6.07, 6.45) is 2.22. The maximum absolute atomic E-state index is 12.3. The molecule has 1 aliphatic rings. The van der Waals surface area contributed by atoms with Crippen LogP contribution in [0.1, 0.15) is 52.8 Å². The number of ether oxygens (including phenoxy) is 1. The minimum absolute atomic E-state index is 0.118. The van der Waals surface area contributed by atoms with Crippen LogP contribution in [0.2, 0.25) is 0 Å². The van der Waals surface area contributed by atoms with Crippen molar-refractivity contribution in [3.63, 3.8) is 0 Å². The van der Waals surface area contributed by atoms with E-state index in [9.17, 15) is 4.79 Å². The first-order chi connectivity index (χ1) is 15.4. The zero-order valence-electron chi connectivity index (χ0n) is 19.3. The summed E-state index contributed by atoms with van der Waals surface area (Å²) in [7, 11) is 0. The highest BCUT2D eigenvalue weighted by Gasteiger charge is 2.24. The van der Waals surface area contributed by atoms with E-state index >= 15 is 0 Å². The summed E-state index contributed by atoms with van der Waals surface area (Å²) >= 11 is 0. The lowest BCUT2D eigenvalue weighted by Crippen LogP contribution is -2.35. The summed E-state index contributed by atoms with van der Waals surface area (Å²) < 4.78 is 10.4. The molecule has 0 atom stereocenters. The fraction of sp³-hybridized carbons (Fsp3) is 0.500. The Labute approximate surface area is 188 Å². The van der Waals surface area contributed by atoms with Crippen LogP contribution < -0.4 is 5.32 Å². The molecular weight excluding hydrogens is 406 g/mol. The minimum atomic E-state index is -0.526. The predicted octanol–water partition coefficient (Wildman–Crippen LogP) is 4.04. The molecule has 32 heavy (non-hydrogen) atoms. The zero-order valence-corrected chi connectivity index (χ0v) is 19.3. The quantitative estimate of drug-likeness (QED) is 0.554. The fourth-order valence-electron chi connectivity index (χ4n) is 4.23. The second kappa shape index (κ2) is 9.65. The van der Waals surface area contributed by atoms with Crippen LogP contribution in [0.4, 0.5) is 5.82 Å². The van der Waals surface area contributed by atoms with Gasteiger partial charge >= 0.3 is 5.97 Å². The first-order valence-corrected chi connectivity index (χ1v) is 11.3. The Balaban J connectivity index is 1.39. The number of rotatable bonds is 7. The van der Waals surface area contributed by atoms with Gasteiger partial charge in [0, 0.05) is 13.1 Å². The Kier molecular flexibility index (Phi) is 6.69. The second-order valence-corrected chi connectivity index (χ2v) is 8.58. The molecule has 0 aliphatic carbocycles. The van der Waals surface area contributed by atoms with E-state index in [1.807, 2.05) is 0 Å². The number of esters is 1. The predicted molar refractivity (Wildman–Crippen MR) is 123 cm³/mol. The number of benzene rings is 1. The van der Waals surface area contributed by atoms with Crippen molar-refractivity contribution in [2.75, 3.05) is 31.6 Å². The largest absolute Gasteiger partial charge is 0.461 e. The maximum Gasteiger partial charge on any atom is 0.361 e. The van der Waals surface area contributed by atoms with Gasteiger partial charge in [-0.25, -0.2) is 9.78 Å². The molecule has 4 rings (SSSR count). The van der Waals surface area contributed by atoms with Crippen LogP contribution in [0, 0.1) is 26.7 Å². The molecule has 1 aliphatic heterocycles. The molecule has 1 fully saturated rings. The van der Waals surface area contributed by atoms with Gasteiger partial charge in [-0.1, -0.05) is 28.9 Å². The van der Waals surface area contributed by atoms with Crippen molar-refractivity contribution in [3.05, 3.63) is 46.4 Å². The molecule has 2 aromatic heterocycles. The third-order valence-corrected chi connectivity index (χ3v) is 6.08. The molecular formula is C24H31N5O3. The highest BCUT2D eigenvalue weighted by Crippen LogP contribution is 2.27. The Morgan fingerprint density at radius 2 is 2.00 bits per heavy atom. The number of hydrogen-bond acceptors (Lipinski definition) is 8. The summed E-state index contributed by atoms with van der Waals surface area (Å²) in [6.45, 7) is 12.1. The monoisotopic (exact) mass is 437 g/mol. The van der Waals surface area contributed by atoms with Crippen molar-refractivity contribution >= 4 is 22.9 Å². The number of hydrogen-bond donors (Lipinski definition) is 1. The van der Waals surface area contributed by atoms with Crippen molar-refractivity contribution in [2.45, 2.75) is 47.1 Å². The summed E-state index contributed by atoms with van der Waals surface area (Å²) in [6, 6.07) is 6.68. The van der Waals surface area contributed by atoms with E-state index in [1.165, 1.54) is 16.7 Å². The third-order valence-electron chi connectivity index (χ3n) is 6.08. The van der Waals surface area contributed by atoms with E-state index in [2.05, 4.69) is 57.4 Å². The molecule has 3 aromatic rings. The van der Waals surface area contributed by atoms with Crippen LogP contribution in [0.25, 0.3) is 11.1 Å². The molecule has 8 nitrogen and oxygen atoms in total. The Hall–Kier alpha value is -3.00. The second-order valence-electron chi connectivity index (χ2n) is 8.58. The van der Waals surface area contributed by atoms with E-state index in [-0.39, 0.29) is 12.3 Å². The fourth-order valence-corrected chi connectivity index (χ4v) is 4.23. The Morgan fingerprint density at radius 3 is 2.75 bits per heavy atom.